The summed E-state index contributed by atoms with van der Waals surface area (Å²) in [7, 11) is 2.17. The third kappa shape index (κ3) is 2.82. The van der Waals surface area contributed by atoms with Crippen molar-refractivity contribution in [1.82, 2.24) is 9.80 Å². The minimum Gasteiger partial charge on any atom is -0.329 e. The molecule has 3 rings (SSSR count). The molecule has 116 valence electrons. The molecule has 0 amide bonds. The van der Waals surface area contributed by atoms with Gasteiger partial charge in [-0.15, -0.1) is 0 Å². The van der Waals surface area contributed by atoms with Crippen molar-refractivity contribution < 1.29 is 8.78 Å². The molecule has 2 N–H and O–H groups in total. The fraction of sp³-hybridized carbons (Fsp3) is 0.625. The third-order valence-corrected chi connectivity index (χ3v) is 5.16. The molecule has 5 heteroatoms. The molecule has 2 aliphatic rings. The second kappa shape index (κ2) is 5.99. The van der Waals surface area contributed by atoms with Gasteiger partial charge in [-0.3, -0.25) is 9.80 Å². The van der Waals surface area contributed by atoms with Crippen molar-refractivity contribution in [3.63, 3.8) is 0 Å². The highest BCUT2D eigenvalue weighted by Crippen LogP contribution is 2.32. The van der Waals surface area contributed by atoms with Crippen LogP contribution in [0.1, 0.15) is 30.9 Å². The first kappa shape index (κ1) is 14.9. The van der Waals surface area contributed by atoms with Gasteiger partial charge in [-0.05, 0) is 44.5 Å². The molecule has 1 aromatic rings. The second-order valence-electron chi connectivity index (χ2n) is 6.25. The number of nitrogens with zero attached hydrogens (tertiary/aromatic N) is 2. The van der Waals surface area contributed by atoms with Gasteiger partial charge >= 0.3 is 0 Å². The van der Waals surface area contributed by atoms with Gasteiger partial charge in [0.15, 0.2) is 0 Å². The van der Waals surface area contributed by atoms with Crippen molar-refractivity contribution in [2.45, 2.75) is 37.4 Å². The Hall–Kier alpha value is -1.04. The first-order valence-electron chi connectivity index (χ1n) is 7.71. The van der Waals surface area contributed by atoms with Gasteiger partial charge < -0.3 is 5.73 Å². The fourth-order valence-corrected chi connectivity index (χ4v) is 3.86. The first-order valence-corrected chi connectivity index (χ1v) is 7.71. The van der Waals surface area contributed by atoms with Crippen LogP contribution in [-0.4, -0.2) is 48.6 Å². The van der Waals surface area contributed by atoms with E-state index in [1.54, 1.807) is 0 Å². The van der Waals surface area contributed by atoms with Crippen LogP contribution in [0.3, 0.4) is 0 Å². The fourth-order valence-electron chi connectivity index (χ4n) is 3.86. The lowest BCUT2D eigenvalue weighted by atomic mass is 10.0. The Kier molecular flexibility index (Phi) is 4.24. The van der Waals surface area contributed by atoms with Crippen LogP contribution in [0.2, 0.25) is 0 Å². The number of benzene rings is 1. The van der Waals surface area contributed by atoms with Crippen LogP contribution < -0.4 is 5.73 Å². The molecule has 0 aliphatic carbocycles. The van der Waals surface area contributed by atoms with E-state index < -0.39 is 5.82 Å². The van der Waals surface area contributed by atoms with Gasteiger partial charge in [0, 0.05) is 37.3 Å². The summed E-state index contributed by atoms with van der Waals surface area (Å²) in [6.45, 7) is 2.08. The number of likely N-dealkylation sites (N-methyl/N-ethyl adjacent to an activating group) is 1. The zero-order valence-electron chi connectivity index (χ0n) is 12.4. The molecule has 0 radical (unpaired) electrons. The Balaban J connectivity index is 1.84. The van der Waals surface area contributed by atoms with Crippen molar-refractivity contribution in [3.8, 4) is 0 Å². The molecule has 21 heavy (non-hydrogen) atoms. The van der Waals surface area contributed by atoms with Crippen LogP contribution in [0.15, 0.2) is 18.2 Å². The summed E-state index contributed by atoms with van der Waals surface area (Å²) < 4.78 is 27.5. The van der Waals surface area contributed by atoms with Crippen LogP contribution in [0.5, 0.6) is 0 Å². The summed E-state index contributed by atoms with van der Waals surface area (Å²) >= 11 is 0. The molecule has 3 nitrogen and oxygen atoms in total. The summed E-state index contributed by atoms with van der Waals surface area (Å²) in [5.41, 5.74) is 6.28. The zero-order valence-corrected chi connectivity index (χ0v) is 12.4. The molecular weight excluding hydrogens is 272 g/mol. The average molecular weight is 295 g/mol. The number of halogens is 2. The molecule has 2 bridgehead atoms. The van der Waals surface area contributed by atoms with Crippen molar-refractivity contribution >= 4 is 0 Å². The van der Waals surface area contributed by atoms with Gasteiger partial charge in [-0.25, -0.2) is 8.78 Å². The minimum absolute atomic E-state index is 0.242. The molecule has 2 heterocycles. The van der Waals surface area contributed by atoms with Gasteiger partial charge in [0.2, 0.25) is 0 Å². The molecule has 3 atom stereocenters. The number of hydrogen-bond acceptors (Lipinski definition) is 3. The number of nitrogens with two attached hydrogens (primary N) is 1. The number of fused-ring (bicyclic) bond motifs is 2. The Bertz CT molecular complexity index is 508. The molecule has 0 spiro atoms. The van der Waals surface area contributed by atoms with Crippen LogP contribution >= 0.6 is 0 Å². The van der Waals surface area contributed by atoms with E-state index >= 15 is 0 Å². The van der Waals surface area contributed by atoms with E-state index in [1.807, 2.05) is 0 Å². The Morgan fingerprint density at radius 1 is 1.24 bits per heavy atom. The highest BCUT2D eigenvalue weighted by Gasteiger charge is 2.37. The maximum Gasteiger partial charge on any atom is 0.128 e. The highest BCUT2D eigenvalue weighted by molar-refractivity contribution is 5.23. The zero-order chi connectivity index (χ0) is 15.0. The second-order valence-corrected chi connectivity index (χ2v) is 6.25. The van der Waals surface area contributed by atoms with E-state index in [2.05, 4.69) is 16.8 Å². The van der Waals surface area contributed by atoms with Gasteiger partial charge in [0.25, 0.3) is 0 Å². The average Bonchev–Trinajstić information content (AvgIpc) is 2.70. The van der Waals surface area contributed by atoms with Crippen molar-refractivity contribution in [2.24, 2.45) is 5.73 Å². The maximum atomic E-state index is 14.1. The molecule has 2 fully saturated rings. The van der Waals surface area contributed by atoms with Gasteiger partial charge in [0.1, 0.15) is 11.6 Å². The van der Waals surface area contributed by atoms with Crippen LogP contribution in [0.4, 0.5) is 8.78 Å². The van der Waals surface area contributed by atoms with Gasteiger partial charge in [-0.1, -0.05) is 0 Å². The van der Waals surface area contributed by atoms with Crippen LogP contribution in [0, 0.1) is 11.6 Å². The summed E-state index contributed by atoms with van der Waals surface area (Å²) in [5, 5.41) is 0. The smallest absolute Gasteiger partial charge is 0.128 e. The van der Waals surface area contributed by atoms with E-state index in [9.17, 15) is 8.78 Å². The Morgan fingerprint density at radius 3 is 2.76 bits per heavy atom. The summed E-state index contributed by atoms with van der Waals surface area (Å²) in [5.74, 6) is -0.770. The lowest BCUT2D eigenvalue weighted by Gasteiger charge is -2.33. The molecule has 0 saturated carbocycles. The normalized spacial score (nSPS) is 28.6. The van der Waals surface area contributed by atoms with E-state index in [0.29, 0.717) is 24.2 Å². The van der Waals surface area contributed by atoms with Gasteiger partial charge in [0.05, 0.1) is 6.04 Å². The highest BCUT2D eigenvalue weighted by atomic mass is 19.1. The van der Waals surface area contributed by atoms with E-state index in [-0.39, 0.29) is 11.9 Å². The van der Waals surface area contributed by atoms with Crippen molar-refractivity contribution in [1.29, 1.82) is 0 Å². The van der Waals surface area contributed by atoms with E-state index in [4.69, 9.17) is 5.73 Å². The minimum atomic E-state index is -0.404. The molecule has 1 aromatic carbocycles. The Morgan fingerprint density at radius 2 is 2.00 bits per heavy atom. The monoisotopic (exact) mass is 295 g/mol. The first-order chi connectivity index (χ1) is 10.1. The lowest BCUT2D eigenvalue weighted by Crippen LogP contribution is -2.41. The summed E-state index contributed by atoms with van der Waals surface area (Å²) in [4.78, 5) is 4.67. The number of hydrogen-bond donors (Lipinski definition) is 1. The Labute approximate surface area is 124 Å². The van der Waals surface area contributed by atoms with Gasteiger partial charge in [-0.2, -0.15) is 0 Å². The predicted octanol–water partition coefficient (Wildman–Crippen LogP) is 2.13. The molecule has 2 saturated heterocycles. The molecule has 0 aromatic heterocycles. The van der Waals surface area contributed by atoms with Crippen LogP contribution in [0.25, 0.3) is 0 Å². The summed E-state index contributed by atoms with van der Waals surface area (Å²) in [6, 6.07) is 4.53. The van der Waals surface area contributed by atoms with E-state index in [1.165, 1.54) is 25.0 Å². The number of likely N-dealkylation sites (tertiary alicyclic amines) is 1. The van der Waals surface area contributed by atoms with Crippen LogP contribution in [-0.2, 0) is 0 Å². The lowest BCUT2D eigenvalue weighted by molar-refractivity contribution is 0.172. The van der Waals surface area contributed by atoms with Crippen molar-refractivity contribution in [3.05, 3.63) is 35.4 Å². The SMILES string of the molecule is CN1C2CCC1CN(C(CN)c1cc(F)ccc1F)CC2. The third-order valence-electron chi connectivity index (χ3n) is 5.16. The quantitative estimate of drug-likeness (QED) is 0.927. The maximum absolute atomic E-state index is 14.1. The largest absolute Gasteiger partial charge is 0.329 e. The molecule has 3 unspecified atom stereocenters. The predicted molar refractivity (Wildman–Crippen MR) is 78.9 cm³/mol. The standard InChI is InChI=1S/C16H23F2N3/c1-20-12-3-4-13(20)10-21(7-6-12)16(9-19)14-8-11(17)2-5-15(14)18/h2,5,8,12-13,16H,3-4,6-7,9-10,19H2,1H3. The van der Waals surface area contributed by atoms with E-state index in [0.717, 1.165) is 25.6 Å². The topological polar surface area (TPSA) is 32.5 Å². The molecule has 2 aliphatic heterocycles. The molecular formula is C16H23F2N3. The number of rotatable bonds is 3. The van der Waals surface area contributed by atoms with Crippen molar-refractivity contribution in [2.75, 3.05) is 26.7 Å². The summed E-state index contributed by atoms with van der Waals surface area (Å²) in [6.07, 6.45) is 3.50.